The van der Waals surface area contributed by atoms with Crippen LogP contribution in [0.2, 0.25) is 0 Å². The van der Waals surface area contributed by atoms with Gasteiger partial charge < -0.3 is 66.1 Å². The molecule has 13 rings (SSSR count). The highest BCUT2D eigenvalue weighted by Crippen LogP contribution is 2.59. The third-order valence-electron chi connectivity index (χ3n) is 26.8. The van der Waals surface area contributed by atoms with Gasteiger partial charge in [0.2, 0.25) is 14.0 Å². The summed E-state index contributed by atoms with van der Waals surface area (Å²) in [5.41, 5.74) is -1.83. The third-order valence-corrected chi connectivity index (χ3v) is 31.2. The van der Waals surface area contributed by atoms with Gasteiger partial charge in [-0.1, -0.05) is 125 Å². The first-order chi connectivity index (χ1) is 50.1. The number of rotatable bonds is 24. The summed E-state index contributed by atoms with van der Waals surface area (Å²) in [7, 11) is 1.61. The van der Waals surface area contributed by atoms with Crippen molar-refractivity contribution in [1.29, 1.82) is 0 Å². The fourth-order valence-corrected chi connectivity index (χ4v) is 25.8. The molecule has 13 aliphatic heterocycles. The van der Waals surface area contributed by atoms with Crippen molar-refractivity contribution in [1.82, 2.24) is 0 Å². The van der Waals surface area contributed by atoms with E-state index >= 15 is 0 Å². The largest absolute Gasteiger partial charge is 0.371 e. The predicted molar refractivity (Wildman–Crippen MR) is 408 cm³/mol. The van der Waals surface area contributed by atoms with E-state index < -0.39 is 37.4 Å². The van der Waals surface area contributed by atoms with Crippen LogP contribution >= 0.6 is 60.2 Å². The van der Waals surface area contributed by atoms with E-state index in [0.717, 1.165) is 83.5 Å². The van der Waals surface area contributed by atoms with E-state index in [2.05, 4.69) is 134 Å². The van der Waals surface area contributed by atoms with Crippen molar-refractivity contribution in [3.05, 3.63) is 0 Å². The van der Waals surface area contributed by atoms with Gasteiger partial charge in [0, 0.05) is 99.1 Å². The van der Waals surface area contributed by atoms with Crippen LogP contribution in [0.5, 0.6) is 0 Å². The molecule has 21 nitrogen and oxygen atoms in total. The molecule has 0 aromatic carbocycles. The van der Waals surface area contributed by atoms with Crippen LogP contribution < -0.4 is 0 Å². The fourth-order valence-electron chi connectivity index (χ4n) is 22.1. The van der Waals surface area contributed by atoms with Crippen LogP contribution in [0.25, 0.3) is 0 Å². The summed E-state index contributed by atoms with van der Waals surface area (Å²) >= 11 is 0. The maximum absolute atomic E-state index is 12.0. The predicted octanol–water partition coefficient (Wildman–Crippen LogP) is 18.3. The molecule has 13 aliphatic rings. The lowest BCUT2D eigenvalue weighted by Crippen LogP contribution is -2.62. The highest BCUT2D eigenvalue weighted by molar-refractivity contribution is 7.46. The van der Waals surface area contributed by atoms with Gasteiger partial charge in [0.05, 0.1) is 150 Å². The second-order valence-corrected chi connectivity index (χ2v) is 42.4. The number of carbonyl (C=O) groups excluding carboxylic acids is 1. The van der Waals surface area contributed by atoms with Crippen molar-refractivity contribution >= 4 is 65.8 Å². The Bertz CT molecular complexity index is 3010. The Kier molecular flexibility index (Phi) is 29.5. The van der Waals surface area contributed by atoms with E-state index in [1.807, 2.05) is 0 Å². The van der Waals surface area contributed by atoms with E-state index in [9.17, 15) is 32.2 Å². The molecule has 13 fully saturated rings. The highest BCUT2D eigenvalue weighted by Gasteiger charge is 2.65. The molecular weight excluding hydrogens is 1490 g/mol. The average molecular weight is 1620 g/mol. The summed E-state index contributed by atoms with van der Waals surface area (Å²) < 4.78 is 161. The van der Waals surface area contributed by atoms with Gasteiger partial charge in [-0.25, -0.2) is 0 Å². The van der Waals surface area contributed by atoms with Gasteiger partial charge in [-0.3, -0.25) is 32.2 Å². The minimum absolute atomic E-state index is 0.00646. The van der Waals surface area contributed by atoms with Crippen LogP contribution in [-0.2, 0) is 98.3 Å². The normalized spacial score (nSPS) is 46.9. The molecule has 13 heterocycles. The van der Waals surface area contributed by atoms with Crippen LogP contribution in [0.1, 0.15) is 240 Å². The molecule has 0 aromatic rings. The molecule has 0 radical (unpaired) electrons. The summed E-state index contributed by atoms with van der Waals surface area (Å²) in [6.45, 7) is 40.6. The van der Waals surface area contributed by atoms with Crippen molar-refractivity contribution in [2.45, 2.75) is 401 Å². The van der Waals surface area contributed by atoms with Crippen LogP contribution in [0.3, 0.4) is 0 Å². The number of hydrogen-bond donors (Lipinski definition) is 0. The lowest BCUT2D eigenvalue weighted by atomic mass is 9.77. The van der Waals surface area contributed by atoms with Crippen molar-refractivity contribution < 1.29 is 98.3 Å². The average Bonchev–Trinajstić information content (AvgIpc) is 1.47. The second-order valence-electron chi connectivity index (χ2n) is 37.5. The van der Waals surface area contributed by atoms with E-state index in [4.69, 9.17) is 66.1 Å². The number of fused-ring (bicyclic) bond motifs is 7. The maximum Gasteiger partial charge on any atom is 0.231 e. The number of carbonyl (C=O) groups is 1. The van der Waals surface area contributed by atoms with Gasteiger partial charge in [-0.2, -0.15) is 0 Å². The van der Waals surface area contributed by atoms with Crippen LogP contribution in [-0.4, -0.2) is 179 Å². The first-order valence-electron chi connectivity index (χ1n) is 40.6. The van der Waals surface area contributed by atoms with Gasteiger partial charge in [0.15, 0.2) is 59.7 Å². The molecule has 3 spiro atoms. The maximum atomic E-state index is 12.0. The lowest BCUT2D eigenvalue weighted by Gasteiger charge is -2.54. The van der Waals surface area contributed by atoms with Gasteiger partial charge >= 0.3 is 0 Å². The van der Waals surface area contributed by atoms with Gasteiger partial charge in [-0.15, -0.1) is 0 Å². The summed E-state index contributed by atoms with van der Waals surface area (Å²) in [4.78, 5) is 11.8. The summed E-state index contributed by atoms with van der Waals surface area (Å²) in [5, 5.41) is 0. The summed E-state index contributed by atoms with van der Waals surface area (Å²) in [6.07, 6.45) is 13.1. The SMILES string of the molecule is CC(C)C[C@@]1(C(C)C)C[C@@H]2O[C@]3(C[C@H](C)[C@@H]4O[C@@H]5C[C@@H]([C@H](CP=O)OP)O[C@@H]5C[C@@H]4O3)C[C@H](C)[C@@H]2O1.CC(C)C[C@@]1(C(C)C)C[C@@H]2O[C@]3(C[C@H](C)[C@@H]4O[C@H](CC(=O)P=O)[C@H](P=O)C[C@@H]4O3)C[C@H](C)[C@@H]2O1.CC(C)C[C@@]1(C(C)C)C[C@@H]2O[C@]3(C[C@H](C)[C@@H]4O[C@H]([C@H](C[C@H](CP=O)P=O)P=O)C[C@@H]4O3)C[C@H](C)[C@@H]2O1. The fraction of sp³-hybridized carbons (Fsp3) is 0.987. The Morgan fingerprint density at radius 2 is 0.792 bits per heavy atom. The molecule has 34 atom stereocenters. The number of hydrogen-bond acceptors (Lipinski definition) is 21. The zero-order valence-electron chi connectivity index (χ0n) is 66.5. The zero-order chi connectivity index (χ0) is 76.9. The van der Waals surface area contributed by atoms with E-state index in [1.165, 1.54) is 0 Å². The zero-order valence-corrected chi connectivity index (χ0v) is 73.0. The topological polar surface area (TPSA) is 249 Å². The lowest BCUT2D eigenvalue weighted by molar-refractivity contribution is -0.368. The van der Waals surface area contributed by atoms with Crippen molar-refractivity contribution in [2.75, 3.05) is 12.3 Å². The van der Waals surface area contributed by atoms with E-state index in [0.29, 0.717) is 91.0 Å². The van der Waals surface area contributed by atoms with Gasteiger partial charge in [0.25, 0.3) is 0 Å². The Morgan fingerprint density at radius 1 is 0.415 bits per heavy atom. The molecular formula is C78H129O21P7. The molecule has 106 heavy (non-hydrogen) atoms. The molecule has 0 N–H and O–H groups in total. The standard InChI is InChI=1S/C27H46O7P2.C26H43O7P3.C25H40O7P2/c1-14(2)9-26(15(3)4)12-22-25(33-26)17(6)11-27(32-22)10-16(5)24-21(31-27)8-18-19(30-24)7-20(29-18)23(34-35)13-36-28;1-14(2)9-25(15(3)4)12-21-24(33-25)17(6)11-26(32-21)10-16(5)23-20(31-26)8-19(30-23)22(36-29)7-18(35-28)13-34-27;1-13(2)9-24(14(3)4)12-19-23(32-24)16(6)11-25(31-19)10-15(5)22-18(30-25)7-20(33-27)17(29-22)8-21(26)34-28/h14-25H,7-13,35H2,1-6H3;14-24H,7-13H2,1-6H3;13-20,22-23H,7-12H2,1-6H3/t16-,17-,18+,19+,20-,21-,22-,23-,24-,25-,26-,27+;16-,17-,18+,19-,20-,21-,22-,23-,24-,25-,26+;15-,16-,17+,18-,19-,20+,22-,23-,24-,25+/m000/s1. The molecule has 0 aromatic heterocycles. The quantitative estimate of drug-likeness (QED) is 0.0815. The molecule has 0 saturated carbocycles. The smallest absolute Gasteiger partial charge is 0.231 e. The van der Waals surface area contributed by atoms with E-state index in [-0.39, 0.29) is 204 Å². The Balaban J connectivity index is 0.000000159. The third kappa shape index (κ3) is 18.7. The Hall–Kier alpha value is 0.140. The number of ether oxygens (including phenoxy) is 13. The molecule has 1 unspecified atom stereocenters. The minimum Gasteiger partial charge on any atom is -0.371 e. The molecule has 0 amide bonds. The molecule has 13 saturated heterocycles. The summed E-state index contributed by atoms with van der Waals surface area (Å²) in [5.74, 6) is 2.74. The Morgan fingerprint density at radius 3 is 1.17 bits per heavy atom. The van der Waals surface area contributed by atoms with E-state index in [1.54, 1.807) is 0 Å². The molecule has 28 heteroatoms. The molecule has 0 aliphatic carbocycles. The highest BCUT2D eigenvalue weighted by atomic mass is 31.1. The van der Waals surface area contributed by atoms with Crippen LogP contribution in [0.15, 0.2) is 0 Å². The molecule has 602 valence electrons. The van der Waals surface area contributed by atoms with Crippen LogP contribution in [0.4, 0.5) is 0 Å². The van der Waals surface area contributed by atoms with Gasteiger partial charge in [0.1, 0.15) is 0 Å². The minimum atomic E-state index is -0.695. The van der Waals surface area contributed by atoms with Crippen molar-refractivity contribution in [3.8, 4) is 0 Å². The monoisotopic (exact) mass is 1620 g/mol. The van der Waals surface area contributed by atoms with Crippen molar-refractivity contribution in [3.63, 3.8) is 0 Å². The molecule has 0 bridgehead atoms. The van der Waals surface area contributed by atoms with Gasteiger partial charge in [-0.05, 0) is 103 Å². The summed E-state index contributed by atoms with van der Waals surface area (Å²) in [6, 6.07) is 0. The second kappa shape index (κ2) is 35.9. The first kappa shape index (κ1) is 87.0. The first-order valence-corrected chi connectivity index (χ1v) is 46.6. The van der Waals surface area contributed by atoms with Crippen LogP contribution in [0, 0.1) is 71.0 Å². The van der Waals surface area contributed by atoms with Crippen molar-refractivity contribution in [2.24, 2.45) is 71.0 Å². The Labute approximate surface area is 645 Å².